The van der Waals surface area contributed by atoms with Gasteiger partial charge in [0.2, 0.25) is 0 Å². The second-order valence-corrected chi connectivity index (χ2v) is 10.3. The third-order valence-corrected chi connectivity index (χ3v) is 7.91. The summed E-state index contributed by atoms with van der Waals surface area (Å²) in [6.45, 7) is 1.93. The third kappa shape index (κ3) is 4.03. The van der Waals surface area contributed by atoms with Crippen molar-refractivity contribution in [3.63, 3.8) is 0 Å². The van der Waals surface area contributed by atoms with Crippen LogP contribution in [0.15, 0.2) is 36.7 Å². The summed E-state index contributed by atoms with van der Waals surface area (Å²) < 4.78 is 6.97. The molecule has 1 aliphatic heterocycles. The Bertz CT molecular complexity index is 1310. The van der Waals surface area contributed by atoms with Gasteiger partial charge in [0.25, 0.3) is 5.91 Å². The maximum Gasteiger partial charge on any atom is 0.254 e. The topological polar surface area (TPSA) is 125 Å². The molecule has 3 aromatic rings. The summed E-state index contributed by atoms with van der Waals surface area (Å²) in [5, 5.41) is 31.0. The second-order valence-electron chi connectivity index (χ2n) is 10.3. The first kappa shape index (κ1) is 22.0. The number of aromatic nitrogens is 3. The lowest BCUT2D eigenvalue weighted by molar-refractivity contribution is -0.0580. The van der Waals surface area contributed by atoms with Crippen molar-refractivity contribution in [2.24, 2.45) is 5.92 Å². The lowest BCUT2D eigenvalue weighted by Gasteiger charge is -2.51. The molecule has 7 rings (SSSR count). The summed E-state index contributed by atoms with van der Waals surface area (Å²) in [6, 6.07) is 9.65. The number of nitrogens with one attached hydrogen (secondary N) is 2. The third-order valence-electron chi connectivity index (χ3n) is 7.91. The first-order valence-electron chi connectivity index (χ1n) is 12.2. The SMILES string of the molecule is N#Cc1cnn2c(-c3cc(NC45CCC(O)(CC4)CC5)c(C(=O)NCC4COC4)cn3)ccc2c1. The van der Waals surface area contributed by atoms with Gasteiger partial charge in [-0.05, 0) is 62.8 Å². The number of amides is 1. The summed E-state index contributed by atoms with van der Waals surface area (Å²) in [5.74, 6) is 0.196. The van der Waals surface area contributed by atoms with Crippen LogP contribution in [0.5, 0.6) is 0 Å². The zero-order valence-corrected chi connectivity index (χ0v) is 19.5. The zero-order valence-electron chi connectivity index (χ0n) is 19.5. The molecule has 9 nitrogen and oxygen atoms in total. The van der Waals surface area contributed by atoms with Crippen molar-refractivity contribution in [1.82, 2.24) is 19.9 Å². The second kappa shape index (κ2) is 8.33. The number of nitrogens with zero attached hydrogens (tertiary/aromatic N) is 4. The average Bonchev–Trinajstić information content (AvgIpc) is 3.27. The number of carbonyl (C=O) groups excluding carboxylic acids is 1. The minimum absolute atomic E-state index is 0.138. The number of carbonyl (C=O) groups is 1. The smallest absolute Gasteiger partial charge is 0.254 e. The van der Waals surface area contributed by atoms with E-state index in [-0.39, 0.29) is 11.4 Å². The molecule has 0 spiro atoms. The number of anilines is 1. The predicted molar refractivity (Wildman–Crippen MR) is 129 cm³/mol. The Hall–Kier alpha value is -3.48. The fourth-order valence-corrected chi connectivity index (χ4v) is 5.51. The summed E-state index contributed by atoms with van der Waals surface area (Å²) >= 11 is 0. The van der Waals surface area contributed by atoms with E-state index in [4.69, 9.17) is 4.74 Å². The lowest BCUT2D eigenvalue weighted by atomic mass is 9.63. The minimum Gasteiger partial charge on any atom is -0.390 e. The Morgan fingerprint density at radius 3 is 2.63 bits per heavy atom. The van der Waals surface area contributed by atoms with E-state index in [1.807, 2.05) is 18.2 Å². The average molecular weight is 473 g/mol. The van der Waals surface area contributed by atoms with Crippen LogP contribution in [-0.2, 0) is 4.74 Å². The predicted octanol–water partition coefficient (Wildman–Crippen LogP) is 2.89. The largest absolute Gasteiger partial charge is 0.390 e. The summed E-state index contributed by atoms with van der Waals surface area (Å²) in [4.78, 5) is 17.8. The standard InChI is InChI=1S/C26H28N6O3/c27-11-17-9-19-1-2-23(32(19)30-13-17)22-10-21(31-25-3-6-26(34,7-4-25)8-5-25)20(14-28-22)24(33)29-12-18-15-35-16-18/h1-2,9-10,13-14,18,34H,3-8,12,15-16H2,(H,28,31)(H,29,33). The molecule has 3 aromatic heterocycles. The molecule has 180 valence electrons. The van der Waals surface area contributed by atoms with E-state index in [0.717, 1.165) is 55.4 Å². The Balaban J connectivity index is 1.35. The van der Waals surface area contributed by atoms with Gasteiger partial charge in [0.15, 0.2) is 0 Å². The Morgan fingerprint density at radius 1 is 1.17 bits per heavy atom. The minimum atomic E-state index is -0.531. The summed E-state index contributed by atoms with van der Waals surface area (Å²) in [5.41, 5.74) is 3.35. The van der Waals surface area contributed by atoms with Crippen molar-refractivity contribution in [2.75, 3.05) is 25.1 Å². The number of nitriles is 1. The number of pyridine rings is 1. The molecule has 0 unspecified atom stereocenters. The van der Waals surface area contributed by atoms with Crippen LogP contribution in [0.3, 0.4) is 0 Å². The molecule has 2 bridgehead atoms. The number of rotatable bonds is 6. The highest BCUT2D eigenvalue weighted by Gasteiger charge is 2.48. The van der Waals surface area contributed by atoms with Gasteiger partial charge in [-0.3, -0.25) is 9.78 Å². The van der Waals surface area contributed by atoms with Crippen molar-refractivity contribution in [3.8, 4) is 17.5 Å². The molecule has 4 aliphatic rings. The molecule has 4 heterocycles. The van der Waals surface area contributed by atoms with Crippen LogP contribution in [0.2, 0.25) is 0 Å². The quantitative estimate of drug-likeness (QED) is 0.504. The van der Waals surface area contributed by atoms with Crippen molar-refractivity contribution in [2.45, 2.75) is 49.7 Å². The molecule has 3 N–H and O–H groups in total. The first-order chi connectivity index (χ1) is 17.0. The van der Waals surface area contributed by atoms with Gasteiger partial charge in [-0.2, -0.15) is 10.4 Å². The molecule has 3 aliphatic carbocycles. The number of hydrogen-bond acceptors (Lipinski definition) is 7. The molecule has 0 atom stereocenters. The van der Waals surface area contributed by atoms with Crippen molar-refractivity contribution in [3.05, 3.63) is 47.8 Å². The van der Waals surface area contributed by atoms with E-state index in [1.54, 1.807) is 16.8 Å². The van der Waals surface area contributed by atoms with E-state index in [0.29, 0.717) is 42.5 Å². The van der Waals surface area contributed by atoms with Gasteiger partial charge in [0, 0.05) is 24.2 Å². The Labute approximate surface area is 203 Å². The molecular formula is C26H28N6O3. The first-order valence-corrected chi connectivity index (χ1v) is 12.2. The number of aliphatic hydroxyl groups is 1. The molecular weight excluding hydrogens is 444 g/mol. The van der Waals surface area contributed by atoms with E-state index < -0.39 is 5.60 Å². The van der Waals surface area contributed by atoms with Crippen LogP contribution in [0.25, 0.3) is 16.9 Å². The highest BCUT2D eigenvalue weighted by Crippen LogP contribution is 2.48. The van der Waals surface area contributed by atoms with E-state index >= 15 is 0 Å². The van der Waals surface area contributed by atoms with Gasteiger partial charge < -0.3 is 20.5 Å². The van der Waals surface area contributed by atoms with Crippen LogP contribution in [-0.4, -0.2) is 56.5 Å². The summed E-state index contributed by atoms with van der Waals surface area (Å²) in [6.07, 6.45) is 8.09. The zero-order chi connectivity index (χ0) is 24.0. The number of hydrogen-bond donors (Lipinski definition) is 3. The van der Waals surface area contributed by atoms with Crippen LogP contribution < -0.4 is 10.6 Å². The molecule has 4 fully saturated rings. The van der Waals surface area contributed by atoms with Crippen molar-refractivity contribution >= 4 is 17.1 Å². The molecule has 1 amide bonds. The molecule has 3 saturated carbocycles. The number of fused-ring (bicyclic) bond motifs is 4. The summed E-state index contributed by atoms with van der Waals surface area (Å²) in [7, 11) is 0. The fourth-order valence-electron chi connectivity index (χ4n) is 5.51. The van der Waals surface area contributed by atoms with Crippen molar-refractivity contribution in [1.29, 1.82) is 5.26 Å². The van der Waals surface area contributed by atoms with E-state index in [1.165, 1.54) is 6.20 Å². The van der Waals surface area contributed by atoms with Crippen LogP contribution in [0, 0.1) is 17.2 Å². The lowest BCUT2D eigenvalue weighted by Crippen LogP contribution is -2.54. The van der Waals surface area contributed by atoms with Gasteiger partial charge in [-0.15, -0.1) is 0 Å². The van der Waals surface area contributed by atoms with Gasteiger partial charge in [-0.25, -0.2) is 4.52 Å². The monoisotopic (exact) mass is 472 g/mol. The van der Waals surface area contributed by atoms with Gasteiger partial charge in [0.1, 0.15) is 6.07 Å². The highest BCUT2D eigenvalue weighted by atomic mass is 16.5. The van der Waals surface area contributed by atoms with Crippen LogP contribution in [0.4, 0.5) is 5.69 Å². The Kier molecular flexibility index (Phi) is 5.24. The van der Waals surface area contributed by atoms with Gasteiger partial charge in [0.05, 0.1) is 58.7 Å². The molecule has 0 aromatic carbocycles. The normalized spacial score (nSPS) is 25.7. The van der Waals surface area contributed by atoms with Gasteiger partial charge >= 0.3 is 0 Å². The number of ether oxygens (including phenoxy) is 1. The molecule has 1 saturated heterocycles. The van der Waals surface area contributed by atoms with Crippen molar-refractivity contribution < 1.29 is 14.6 Å². The molecule has 9 heteroatoms. The highest BCUT2D eigenvalue weighted by molar-refractivity contribution is 6.00. The van der Waals surface area contributed by atoms with Gasteiger partial charge in [-0.1, -0.05) is 0 Å². The fraction of sp³-hybridized carbons (Fsp3) is 0.462. The Morgan fingerprint density at radius 2 is 1.94 bits per heavy atom. The van der Waals surface area contributed by atoms with Crippen LogP contribution >= 0.6 is 0 Å². The van der Waals surface area contributed by atoms with E-state index in [2.05, 4.69) is 26.8 Å². The molecule has 35 heavy (non-hydrogen) atoms. The van der Waals surface area contributed by atoms with E-state index in [9.17, 15) is 15.2 Å². The maximum atomic E-state index is 13.2. The molecule has 0 radical (unpaired) electrons. The maximum absolute atomic E-state index is 13.2. The van der Waals surface area contributed by atoms with Crippen LogP contribution in [0.1, 0.15) is 54.4 Å².